The number of aromatic nitrogens is 1. The third kappa shape index (κ3) is 3.37. The van der Waals surface area contributed by atoms with E-state index in [0.717, 1.165) is 17.0 Å². The van der Waals surface area contributed by atoms with Crippen molar-refractivity contribution in [2.75, 3.05) is 11.9 Å². The minimum absolute atomic E-state index is 0.624. The highest BCUT2D eigenvalue weighted by atomic mass is 35.5. The fourth-order valence-electron chi connectivity index (χ4n) is 1.63. The van der Waals surface area contributed by atoms with Crippen LogP contribution >= 0.6 is 11.6 Å². The number of halogens is 1. The fourth-order valence-corrected chi connectivity index (χ4v) is 1.81. The van der Waals surface area contributed by atoms with E-state index >= 15 is 0 Å². The van der Waals surface area contributed by atoms with Crippen molar-refractivity contribution in [2.45, 2.75) is 13.5 Å². The van der Waals surface area contributed by atoms with Crippen LogP contribution in [0.1, 0.15) is 12.5 Å². The zero-order valence-corrected chi connectivity index (χ0v) is 10.9. The third-order valence-corrected chi connectivity index (χ3v) is 2.77. The number of pyridine rings is 1. The fraction of sp³-hybridized carbons (Fsp3) is 0.214. The van der Waals surface area contributed by atoms with Gasteiger partial charge in [0.1, 0.15) is 5.75 Å². The zero-order chi connectivity index (χ0) is 12.8. The Balaban J connectivity index is 2.02. The molecule has 1 aromatic heterocycles. The number of benzene rings is 1. The summed E-state index contributed by atoms with van der Waals surface area (Å²) in [5.74, 6) is 0.887. The van der Waals surface area contributed by atoms with Gasteiger partial charge in [0.2, 0.25) is 0 Å². The lowest BCUT2D eigenvalue weighted by molar-refractivity contribution is 0.340. The van der Waals surface area contributed by atoms with Crippen molar-refractivity contribution in [1.29, 1.82) is 0 Å². The van der Waals surface area contributed by atoms with E-state index in [0.29, 0.717) is 18.2 Å². The van der Waals surface area contributed by atoms with Crippen LogP contribution in [-0.2, 0) is 6.54 Å². The maximum atomic E-state index is 6.02. The van der Waals surface area contributed by atoms with E-state index < -0.39 is 0 Å². The lowest BCUT2D eigenvalue weighted by atomic mass is 10.2. The van der Waals surface area contributed by atoms with Crippen LogP contribution in [0.5, 0.6) is 5.75 Å². The summed E-state index contributed by atoms with van der Waals surface area (Å²) in [6, 6.07) is 9.85. The second kappa shape index (κ2) is 6.26. The summed E-state index contributed by atoms with van der Waals surface area (Å²) in [4.78, 5) is 3.95. The van der Waals surface area contributed by atoms with Gasteiger partial charge in [-0.2, -0.15) is 0 Å². The molecule has 18 heavy (non-hydrogen) atoms. The molecule has 0 aliphatic heterocycles. The minimum atomic E-state index is 0.624. The summed E-state index contributed by atoms with van der Waals surface area (Å²) in [6.45, 7) is 3.35. The van der Waals surface area contributed by atoms with Gasteiger partial charge in [-0.15, -0.1) is 0 Å². The Morgan fingerprint density at radius 1 is 1.33 bits per heavy atom. The number of rotatable bonds is 5. The molecule has 1 N–H and O–H groups in total. The van der Waals surface area contributed by atoms with Crippen LogP contribution in [0.15, 0.2) is 42.7 Å². The molecule has 94 valence electrons. The lowest BCUT2D eigenvalue weighted by Gasteiger charge is -2.09. The molecule has 0 fully saturated rings. The molecular formula is C14H15ClN2O. The van der Waals surface area contributed by atoms with E-state index in [9.17, 15) is 0 Å². The van der Waals surface area contributed by atoms with Crippen LogP contribution < -0.4 is 10.1 Å². The number of nitrogens with zero attached hydrogens (tertiary/aromatic N) is 1. The van der Waals surface area contributed by atoms with Crippen LogP contribution in [0.25, 0.3) is 0 Å². The molecule has 2 rings (SSSR count). The first-order valence-corrected chi connectivity index (χ1v) is 6.22. The van der Waals surface area contributed by atoms with E-state index in [2.05, 4.69) is 10.3 Å². The van der Waals surface area contributed by atoms with Gasteiger partial charge < -0.3 is 10.1 Å². The Morgan fingerprint density at radius 3 is 3.00 bits per heavy atom. The van der Waals surface area contributed by atoms with Crippen molar-refractivity contribution < 1.29 is 4.74 Å². The summed E-state index contributed by atoms with van der Waals surface area (Å²) in [5.41, 5.74) is 2.03. The number of nitrogens with one attached hydrogen (secondary N) is 1. The van der Waals surface area contributed by atoms with Gasteiger partial charge in [0.25, 0.3) is 0 Å². The first kappa shape index (κ1) is 12.7. The molecule has 0 spiro atoms. The molecule has 1 aromatic carbocycles. The molecule has 0 aliphatic rings. The largest absolute Gasteiger partial charge is 0.494 e. The van der Waals surface area contributed by atoms with Crippen LogP contribution in [0.2, 0.25) is 5.02 Å². The third-order valence-electron chi connectivity index (χ3n) is 2.46. The van der Waals surface area contributed by atoms with E-state index in [1.165, 1.54) is 0 Å². The number of hydrogen-bond donors (Lipinski definition) is 1. The topological polar surface area (TPSA) is 34.1 Å². The monoisotopic (exact) mass is 262 g/mol. The summed E-state index contributed by atoms with van der Waals surface area (Å²) < 4.78 is 5.46. The second-order valence-electron chi connectivity index (χ2n) is 3.79. The smallest absolute Gasteiger partial charge is 0.119 e. The van der Waals surface area contributed by atoms with Gasteiger partial charge in [0.15, 0.2) is 0 Å². The summed E-state index contributed by atoms with van der Waals surface area (Å²) in [7, 11) is 0. The highest BCUT2D eigenvalue weighted by Gasteiger charge is 2.00. The molecule has 0 aliphatic carbocycles. The van der Waals surface area contributed by atoms with E-state index in [1.807, 2.05) is 37.3 Å². The molecule has 1 heterocycles. The molecule has 4 heteroatoms. The Hall–Kier alpha value is -1.74. The highest BCUT2D eigenvalue weighted by Crippen LogP contribution is 2.20. The van der Waals surface area contributed by atoms with Gasteiger partial charge in [-0.1, -0.05) is 23.7 Å². The van der Waals surface area contributed by atoms with Gasteiger partial charge in [-0.05, 0) is 30.7 Å². The number of ether oxygens (including phenoxy) is 1. The quantitative estimate of drug-likeness (QED) is 0.891. The maximum absolute atomic E-state index is 6.02. The van der Waals surface area contributed by atoms with Crippen LogP contribution in [-0.4, -0.2) is 11.6 Å². The van der Waals surface area contributed by atoms with E-state index in [4.69, 9.17) is 16.3 Å². The first-order chi connectivity index (χ1) is 8.79. The van der Waals surface area contributed by atoms with Crippen LogP contribution in [0.4, 0.5) is 5.69 Å². The van der Waals surface area contributed by atoms with Crippen molar-refractivity contribution in [1.82, 2.24) is 4.98 Å². The normalized spacial score (nSPS) is 10.1. The molecule has 3 nitrogen and oxygen atoms in total. The van der Waals surface area contributed by atoms with Crippen molar-refractivity contribution in [2.24, 2.45) is 0 Å². The van der Waals surface area contributed by atoms with E-state index in [-0.39, 0.29) is 0 Å². The molecule has 2 aromatic rings. The maximum Gasteiger partial charge on any atom is 0.119 e. The molecule has 0 bridgehead atoms. The Kier molecular flexibility index (Phi) is 4.42. The highest BCUT2D eigenvalue weighted by molar-refractivity contribution is 6.33. The standard InChI is InChI=1S/C14H15ClN2O/c1-2-18-12-5-3-4-11(8-12)9-17-14-6-7-16-10-13(14)15/h3-8,10H,2,9H2,1H3,(H,16,17). The molecule has 0 unspecified atom stereocenters. The van der Waals surface area contributed by atoms with Gasteiger partial charge in [-0.3, -0.25) is 4.98 Å². The SMILES string of the molecule is CCOc1cccc(CNc2ccncc2Cl)c1. The molecule has 0 saturated carbocycles. The predicted molar refractivity (Wildman–Crippen MR) is 74.2 cm³/mol. The van der Waals surface area contributed by atoms with Gasteiger partial charge in [-0.25, -0.2) is 0 Å². The van der Waals surface area contributed by atoms with Crippen molar-refractivity contribution >= 4 is 17.3 Å². The Morgan fingerprint density at radius 2 is 2.22 bits per heavy atom. The van der Waals surface area contributed by atoms with Gasteiger partial charge in [0.05, 0.1) is 17.3 Å². The predicted octanol–water partition coefficient (Wildman–Crippen LogP) is 3.75. The zero-order valence-electron chi connectivity index (χ0n) is 10.2. The van der Waals surface area contributed by atoms with Crippen molar-refractivity contribution in [3.63, 3.8) is 0 Å². The molecule has 0 radical (unpaired) electrons. The number of anilines is 1. The first-order valence-electron chi connectivity index (χ1n) is 5.84. The van der Waals surface area contributed by atoms with Crippen molar-refractivity contribution in [3.8, 4) is 5.75 Å². The minimum Gasteiger partial charge on any atom is -0.494 e. The Bertz CT molecular complexity index is 517. The van der Waals surface area contributed by atoms with Crippen LogP contribution in [0, 0.1) is 0 Å². The molecule has 0 atom stereocenters. The number of hydrogen-bond acceptors (Lipinski definition) is 3. The average Bonchev–Trinajstić information content (AvgIpc) is 2.39. The summed E-state index contributed by atoms with van der Waals surface area (Å²) >= 11 is 6.02. The molecule has 0 saturated heterocycles. The summed E-state index contributed by atoms with van der Waals surface area (Å²) in [5, 5.41) is 3.89. The van der Waals surface area contributed by atoms with E-state index in [1.54, 1.807) is 12.4 Å². The summed E-state index contributed by atoms with van der Waals surface area (Å²) in [6.07, 6.45) is 3.34. The van der Waals surface area contributed by atoms with Crippen LogP contribution in [0.3, 0.4) is 0 Å². The Labute approximate surface area is 112 Å². The van der Waals surface area contributed by atoms with Crippen molar-refractivity contribution in [3.05, 3.63) is 53.3 Å². The average molecular weight is 263 g/mol. The lowest BCUT2D eigenvalue weighted by Crippen LogP contribution is -2.00. The molecule has 0 amide bonds. The van der Waals surface area contributed by atoms with Gasteiger partial charge >= 0.3 is 0 Å². The molecular weight excluding hydrogens is 248 g/mol. The second-order valence-corrected chi connectivity index (χ2v) is 4.20. The van der Waals surface area contributed by atoms with Gasteiger partial charge in [0, 0.05) is 18.9 Å².